The molecule has 1 N–H and O–H groups in total. The Kier molecular flexibility index (Phi) is 7.42. The minimum Gasteiger partial charge on any atom is -0.375 e. The highest BCUT2D eigenvalue weighted by molar-refractivity contribution is 5.82. The summed E-state index contributed by atoms with van der Waals surface area (Å²) in [6.45, 7) is 3.08. The van der Waals surface area contributed by atoms with Crippen molar-refractivity contribution in [2.24, 2.45) is 5.92 Å². The van der Waals surface area contributed by atoms with Gasteiger partial charge in [-0.15, -0.1) is 0 Å². The van der Waals surface area contributed by atoms with Crippen molar-refractivity contribution in [3.8, 4) is 0 Å². The number of ether oxygens (including phenoxy) is 1. The summed E-state index contributed by atoms with van der Waals surface area (Å²) in [5, 5.41) is 3.02. The van der Waals surface area contributed by atoms with Crippen LogP contribution in [0.2, 0.25) is 0 Å². The zero-order valence-corrected chi connectivity index (χ0v) is 17.3. The number of amides is 2. The molecule has 0 aromatic heterocycles. The van der Waals surface area contributed by atoms with Crippen molar-refractivity contribution in [1.82, 2.24) is 10.2 Å². The van der Waals surface area contributed by atoms with Gasteiger partial charge in [0.05, 0.1) is 12.0 Å². The Morgan fingerprint density at radius 2 is 1.76 bits per heavy atom. The van der Waals surface area contributed by atoms with Crippen LogP contribution in [0.15, 0.2) is 54.6 Å². The Labute approximate surface area is 173 Å². The molecule has 0 bridgehead atoms. The van der Waals surface area contributed by atoms with E-state index in [0.717, 1.165) is 30.4 Å². The molecule has 0 spiro atoms. The van der Waals surface area contributed by atoms with Gasteiger partial charge in [-0.25, -0.2) is 0 Å². The molecule has 1 fully saturated rings. The molecule has 1 aliphatic heterocycles. The van der Waals surface area contributed by atoms with Crippen molar-refractivity contribution < 1.29 is 14.3 Å². The average molecular weight is 395 g/mol. The number of carbonyl (C=O) groups excluding carboxylic acids is 2. The van der Waals surface area contributed by atoms with Crippen molar-refractivity contribution in [2.75, 3.05) is 20.3 Å². The quantitative estimate of drug-likeness (QED) is 0.782. The first-order chi connectivity index (χ1) is 14.1. The van der Waals surface area contributed by atoms with Crippen LogP contribution in [-0.4, -0.2) is 37.0 Å². The fraction of sp³-hybridized carbons (Fsp3) is 0.417. The van der Waals surface area contributed by atoms with Crippen LogP contribution >= 0.6 is 0 Å². The molecular weight excluding hydrogens is 364 g/mol. The molecule has 1 aliphatic rings. The summed E-state index contributed by atoms with van der Waals surface area (Å²) in [7, 11) is 1.52. The summed E-state index contributed by atoms with van der Waals surface area (Å²) in [4.78, 5) is 27.3. The second-order valence-corrected chi connectivity index (χ2v) is 7.57. The molecule has 0 radical (unpaired) electrons. The zero-order chi connectivity index (χ0) is 20.6. The predicted octanol–water partition coefficient (Wildman–Crippen LogP) is 3.49. The molecule has 1 saturated heterocycles. The van der Waals surface area contributed by atoms with Gasteiger partial charge in [0, 0.05) is 20.2 Å². The minimum atomic E-state index is -0.203. The van der Waals surface area contributed by atoms with Crippen LogP contribution in [0, 0.1) is 5.92 Å². The van der Waals surface area contributed by atoms with Gasteiger partial charge in [0.2, 0.25) is 11.8 Å². The Balaban J connectivity index is 1.68. The van der Waals surface area contributed by atoms with E-state index in [1.807, 2.05) is 35.2 Å². The van der Waals surface area contributed by atoms with Gasteiger partial charge in [0.1, 0.15) is 6.61 Å². The second kappa shape index (κ2) is 10.2. The van der Waals surface area contributed by atoms with E-state index in [-0.39, 0.29) is 30.4 Å². The van der Waals surface area contributed by atoms with Gasteiger partial charge in [-0.2, -0.15) is 0 Å². The Morgan fingerprint density at radius 3 is 2.41 bits per heavy atom. The Hall–Kier alpha value is -2.66. The summed E-state index contributed by atoms with van der Waals surface area (Å²) in [5.41, 5.74) is 3.46. The number of rotatable bonds is 7. The number of hydrogen-bond donors (Lipinski definition) is 1. The van der Waals surface area contributed by atoms with E-state index in [1.165, 1.54) is 12.7 Å². The van der Waals surface area contributed by atoms with Crippen molar-refractivity contribution in [2.45, 2.75) is 38.8 Å². The van der Waals surface area contributed by atoms with E-state index in [2.05, 4.69) is 36.5 Å². The molecule has 29 heavy (non-hydrogen) atoms. The van der Waals surface area contributed by atoms with E-state index in [9.17, 15) is 9.59 Å². The van der Waals surface area contributed by atoms with E-state index >= 15 is 0 Å². The first-order valence-corrected chi connectivity index (χ1v) is 10.3. The van der Waals surface area contributed by atoms with E-state index in [4.69, 9.17) is 4.74 Å². The number of carbonyl (C=O) groups is 2. The number of hydrogen-bond acceptors (Lipinski definition) is 3. The third-order valence-corrected chi connectivity index (χ3v) is 5.62. The van der Waals surface area contributed by atoms with Gasteiger partial charge in [-0.3, -0.25) is 9.59 Å². The first kappa shape index (κ1) is 21.1. The molecule has 5 heteroatoms. The van der Waals surface area contributed by atoms with Gasteiger partial charge >= 0.3 is 0 Å². The maximum absolute atomic E-state index is 12.7. The van der Waals surface area contributed by atoms with E-state index < -0.39 is 0 Å². The summed E-state index contributed by atoms with van der Waals surface area (Å²) in [6, 6.07) is 18.3. The standard InChI is InChI=1S/C24H30N2O3/c1-3-18-9-11-20(12-10-18)22-14-13-21(16-26(22)23(27)17-29-2)24(28)25-15-19-7-5-4-6-8-19/h4-12,21-22H,3,13-17H2,1-2H3,(H,25,28). The molecule has 2 atom stereocenters. The van der Waals surface area contributed by atoms with Gasteiger partial charge in [0.25, 0.3) is 0 Å². The van der Waals surface area contributed by atoms with Crippen molar-refractivity contribution in [1.29, 1.82) is 0 Å². The van der Waals surface area contributed by atoms with Gasteiger partial charge < -0.3 is 15.0 Å². The Bertz CT molecular complexity index is 805. The third-order valence-electron chi connectivity index (χ3n) is 5.62. The summed E-state index contributed by atoms with van der Waals surface area (Å²) < 4.78 is 5.09. The second-order valence-electron chi connectivity index (χ2n) is 7.57. The van der Waals surface area contributed by atoms with Gasteiger partial charge in [0.15, 0.2) is 0 Å². The van der Waals surface area contributed by atoms with Crippen LogP contribution in [0.4, 0.5) is 0 Å². The van der Waals surface area contributed by atoms with Crippen LogP contribution in [-0.2, 0) is 27.3 Å². The lowest BCUT2D eigenvalue weighted by atomic mass is 9.88. The maximum atomic E-state index is 12.7. The van der Waals surface area contributed by atoms with E-state index in [0.29, 0.717) is 13.1 Å². The lowest BCUT2D eigenvalue weighted by molar-refractivity contribution is -0.142. The fourth-order valence-electron chi connectivity index (χ4n) is 3.92. The molecule has 5 nitrogen and oxygen atoms in total. The largest absolute Gasteiger partial charge is 0.375 e. The summed E-state index contributed by atoms with van der Waals surface area (Å²) in [6.07, 6.45) is 2.52. The van der Waals surface area contributed by atoms with Crippen LogP contribution in [0.25, 0.3) is 0 Å². The maximum Gasteiger partial charge on any atom is 0.249 e. The molecule has 1 heterocycles. The number of piperidine rings is 1. The molecule has 0 aliphatic carbocycles. The predicted molar refractivity (Wildman–Crippen MR) is 113 cm³/mol. The lowest BCUT2D eigenvalue weighted by Crippen LogP contribution is -2.47. The van der Waals surface area contributed by atoms with Crippen molar-refractivity contribution in [3.05, 3.63) is 71.3 Å². The monoisotopic (exact) mass is 394 g/mol. The van der Waals surface area contributed by atoms with Gasteiger partial charge in [-0.05, 0) is 36.0 Å². The van der Waals surface area contributed by atoms with Crippen LogP contribution in [0.5, 0.6) is 0 Å². The lowest BCUT2D eigenvalue weighted by Gasteiger charge is -2.39. The third kappa shape index (κ3) is 5.45. The number of nitrogens with one attached hydrogen (secondary N) is 1. The number of nitrogens with zero attached hydrogens (tertiary/aromatic N) is 1. The van der Waals surface area contributed by atoms with Crippen LogP contribution in [0.3, 0.4) is 0 Å². The molecule has 2 aromatic rings. The first-order valence-electron chi connectivity index (χ1n) is 10.3. The number of aryl methyl sites for hydroxylation is 1. The smallest absolute Gasteiger partial charge is 0.249 e. The number of likely N-dealkylation sites (tertiary alicyclic amines) is 1. The molecule has 2 amide bonds. The van der Waals surface area contributed by atoms with Crippen molar-refractivity contribution in [3.63, 3.8) is 0 Å². The molecular formula is C24H30N2O3. The average Bonchev–Trinajstić information content (AvgIpc) is 2.78. The van der Waals surface area contributed by atoms with Crippen molar-refractivity contribution >= 4 is 11.8 Å². The van der Waals surface area contributed by atoms with Crippen LogP contribution in [0.1, 0.15) is 42.5 Å². The molecule has 2 aromatic carbocycles. The normalized spacial score (nSPS) is 19.0. The van der Waals surface area contributed by atoms with Crippen LogP contribution < -0.4 is 5.32 Å². The highest BCUT2D eigenvalue weighted by Crippen LogP contribution is 2.34. The summed E-state index contributed by atoms with van der Waals surface area (Å²) in [5.74, 6) is -0.271. The Morgan fingerprint density at radius 1 is 1.03 bits per heavy atom. The SMILES string of the molecule is CCc1ccc(C2CCC(C(=O)NCc3ccccc3)CN2C(=O)COC)cc1. The molecule has 154 valence electrons. The molecule has 2 unspecified atom stereocenters. The summed E-state index contributed by atoms with van der Waals surface area (Å²) >= 11 is 0. The highest BCUT2D eigenvalue weighted by atomic mass is 16.5. The van der Waals surface area contributed by atoms with Gasteiger partial charge in [-0.1, -0.05) is 61.5 Å². The highest BCUT2D eigenvalue weighted by Gasteiger charge is 2.35. The molecule has 0 saturated carbocycles. The number of benzene rings is 2. The minimum absolute atomic E-state index is 0.00357. The topological polar surface area (TPSA) is 58.6 Å². The number of methoxy groups -OCH3 is 1. The fourth-order valence-corrected chi connectivity index (χ4v) is 3.92. The zero-order valence-electron chi connectivity index (χ0n) is 17.3. The molecule has 3 rings (SSSR count). The van der Waals surface area contributed by atoms with E-state index in [1.54, 1.807) is 0 Å².